The molecule has 2 heterocycles. The van der Waals surface area contributed by atoms with Crippen molar-refractivity contribution in [2.75, 3.05) is 13.1 Å². The fraction of sp³-hybridized carbons (Fsp3) is 0.615. The molecule has 3 heteroatoms. The predicted molar refractivity (Wildman–Crippen MR) is 67.4 cm³/mol. The van der Waals surface area contributed by atoms with Gasteiger partial charge in [-0.25, -0.2) is 0 Å². The van der Waals surface area contributed by atoms with Gasteiger partial charge in [0.1, 0.15) is 0 Å². The lowest BCUT2D eigenvalue weighted by Crippen LogP contribution is -2.23. The Bertz CT molecular complexity index is 369. The smallest absolute Gasteiger partial charge is 0.0628 e. The first-order valence-electron chi connectivity index (χ1n) is 6.30. The van der Waals surface area contributed by atoms with Crippen LogP contribution in [0.4, 0.5) is 0 Å². The molecule has 16 heavy (non-hydrogen) atoms. The van der Waals surface area contributed by atoms with E-state index in [1.165, 1.54) is 24.2 Å². The first-order chi connectivity index (χ1) is 7.83. The quantitative estimate of drug-likeness (QED) is 0.845. The lowest BCUT2D eigenvalue weighted by Gasteiger charge is -2.15. The summed E-state index contributed by atoms with van der Waals surface area (Å²) in [7, 11) is 0. The molecular weight excluding hydrogens is 198 g/mol. The molecule has 2 rings (SSSR count). The molecule has 3 nitrogen and oxygen atoms in total. The molecule has 0 spiro atoms. The number of nitrogens with zero attached hydrogens (tertiary/aromatic N) is 2. The molecule has 1 N–H and O–H groups in total. The van der Waals surface area contributed by atoms with Crippen molar-refractivity contribution in [1.82, 2.24) is 15.1 Å². The second kappa shape index (κ2) is 5.30. The molecule has 1 aromatic heterocycles. The minimum absolute atomic E-state index is 0.956. The molecule has 1 aromatic rings. The van der Waals surface area contributed by atoms with Gasteiger partial charge in [-0.3, -0.25) is 4.68 Å². The van der Waals surface area contributed by atoms with Crippen LogP contribution in [0.15, 0.2) is 11.6 Å². The van der Waals surface area contributed by atoms with Crippen molar-refractivity contribution in [2.45, 2.75) is 39.7 Å². The molecule has 1 fully saturated rings. The van der Waals surface area contributed by atoms with E-state index >= 15 is 0 Å². The van der Waals surface area contributed by atoms with E-state index in [2.05, 4.69) is 41.1 Å². The van der Waals surface area contributed by atoms with E-state index in [0.29, 0.717) is 0 Å². The fourth-order valence-corrected chi connectivity index (χ4v) is 2.13. The molecule has 0 atom stereocenters. The first-order valence-corrected chi connectivity index (χ1v) is 6.30. The number of aromatic nitrogens is 2. The maximum Gasteiger partial charge on any atom is 0.0628 e. The molecule has 0 saturated carbocycles. The summed E-state index contributed by atoms with van der Waals surface area (Å²) in [5.74, 6) is 0. The summed E-state index contributed by atoms with van der Waals surface area (Å²) in [6.07, 6.45) is 5.70. The Labute approximate surface area is 97.5 Å². The van der Waals surface area contributed by atoms with Crippen LogP contribution in [-0.2, 0) is 13.0 Å². The zero-order valence-electron chi connectivity index (χ0n) is 10.3. The lowest BCUT2D eigenvalue weighted by molar-refractivity contribution is 0.610. The monoisotopic (exact) mass is 219 g/mol. The van der Waals surface area contributed by atoms with Crippen molar-refractivity contribution in [2.24, 2.45) is 0 Å². The average Bonchev–Trinajstić information content (AvgIpc) is 2.73. The Morgan fingerprint density at radius 1 is 1.38 bits per heavy atom. The number of rotatable bonds is 3. The Hall–Kier alpha value is -1.09. The highest BCUT2D eigenvalue weighted by atomic mass is 15.3. The van der Waals surface area contributed by atoms with Crippen molar-refractivity contribution >= 4 is 6.08 Å². The molecule has 0 aliphatic carbocycles. The van der Waals surface area contributed by atoms with E-state index in [1.807, 2.05) is 0 Å². The Balaban J connectivity index is 2.21. The fourth-order valence-electron chi connectivity index (χ4n) is 2.13. The highest BCUT2D eigenvalue weighted by Gasteiger charge is 2.07. The van der Waals surface area contributed by atoms with Gasteiger partial charge in [0.05, 0.1) is 11.4 Å². The third-order valence-corrected chi connectivity index (χ3v) is 3.12. The van der Waals surface area contributed by atoms with Gasteiger partial charge in [0, 0.05) is 6.54 Å². The molecule has 0 radical (unpaired) electrons. The van der Waals surface area contributed by atoms with Crippen molar-refractivity contribution in [3.05, 3.63) is 23.0 Å². The minimum Gasteiger partial charge on any atom is -0.316 e. The largest absolute Gasteiger partial charge is 0.316 e. The van der Waals surface area contributed by atoms with E-state index in [0.717, 1.165) is 26.1 Å². The molecule has 0 amide bonds. The molecule has 88 valence electrons. The van der Waals surface area contributed by atoms with Crippen molar-refractivity contribution in [3.63, 3.8) is 0 Å². The molecular formula is C13H21N3. The number of nitrogens with one attached hydrogen (secondary N) is 1. The van der Waals surface area contributed by atoms with Gasteiger partial charge in [-0.05, 0) is 51.4 Å². The van der Waals surface area contributed by atoms with Gasteiger partial charge in [-0.2, -0.15) is 5.10 Å². The zero-order chi connectivity index (χ0) is 11.4. The Kier molecular flexibility index (Phi) is 3.78. The van der Waals surface area contributed by atoms with Gasteiger partial charge in [-0.15, -0.1) is 0 Å². The number of piperidine rings is 1. The highest BCUT2D eigenvalue weighted by molar-refractivity contribution is 5.50. The van der Waals surface area contributed by atoms with E-state index in [4.69, 9.17) is 0 Å². The highest BCUT2D eigenvalue weighted by Crippen LogP contribution is 2.16. The Morgan fingerprint density at radius 2 is 2.12 bits per heavy atom. The molecule has 1 aliphatic rings. The van der Waals surface area contributed by atoms with Gasteiger partial charge in [0.15, 0.2) is 0 Å². The molecule has 1 aliphatic heterocycles. The summed E-state index contributed by atoms with van der Waals surface area (Å²) in [6, 6.07) is 2.22. The summed E-state index contributed by atoms with van der Waals surface area (Å²) in [5.41, 5.74) is 4.02. The molecule has 0 unspecified atom stereocenters. The van der Waals surface area contributed by atoms with Crippen molar-refractivity contribution in [1.29, 1.82) is 0 Å². The minimum atomic E-state index is 0.956. The lowest BCUT2D eigenvalue weighted by atomic mass is 10.0. The van der Waals surface area contributed by atoms with Gasteiger partial charge in [-0.1, -0.05) is 12.5 Å². The first kappa shape index (κ1) is 11.4. The SMILES string of the molecule is CCc1cc(C=C2CCNCC2)n(CC)n1. The van der Waals surface area contributed by atoms with Crippen molar-refractivity contribution in [3.8, 4) is 0 Å². The van der Waals surface area contributed by atoms with E-state index < -0.39 is 0 Å². The molecule has 0 aromatic carbocycles. The molecule has 1 saturated heterocycles. The predicted octanol–water partition coefficient (Wildman–Crippen LogP) is 2.23. The van der Waals surface area contributed by atoms with Crippen LogP contribution in [0.1, 0.15) is 38.1 Å². The van der Waals surface area contributed by atoms with Crippen LogP contribution in [0.2, 0.25) is 0 Å². The van der Waals surface area contributed by atoms with Gasteiger partial charge in [0.2, 0.25) is 0 Å². The zero-order valence-corrected chi connectivity index (χ0v) is 10.3. The van der Waals surface area contributed by atoms with Crippen LogP contribution in [0.25, 0.3) is 6.08 Å². The van der Waals surface area contributed by atoms with Crippen LogP contribution < -0.4 is 5.32 Å². The number of hydrogen-bond acceptors (Lipinski definition) is 2. The molecule has 0 bridgehead atoms. The van der Waals surface area contributed by atoms with E-state index in [1.54, 1.807) is 5.57 Å². The van der Waals surface area contributed by atoms with E-state index in [9.17, 15) is 0 Å². The van der Waals surface area contributed by atoms with Gasteiger partial charge in [0.25, 0.3) is 0 Å². The summed E-state index contributed by atoms with van der Waals surface area (Å²) >= 11 is 0. The standard InChI is InChI=1S/C13H21N3/c1-3-12-10-13(16(4-2)15-12)9-11-5-7-14-8-6-11/h9-10,14H,3-8H2,1-2H3. The number of hydrogen-bond donors (Lipinski definition) is 1. The summed E-state index contributed by atoms with van der Waals surface area (Å²) in [4.78, 5) is 0. The van der Waals surface area contributed by atoms with Crippen LogP contribution in [0.3, 0.4) is 0 Å². The van der Waals surface area contributed by atoms with Crippen LogP contribution >= 0.6 is 0 Å². The summed E-state index contributed by atoms with van der Waals surface area (Å²) in [6.45, 7) is 7.50. The third kappa shape index (κ3) is 2.53. The maximum absolute atomic E-state index is 4.57. The van der Waals surface area contributed by atoms with Gasteiger partial charge < -0.3 is 5.32 Å². The second-order valence-corrected chi connectivity index (χ2v) is 4.28. The summed E-state index contributed by atoms with van der Waals surface area (Å²) < 4.78 is 2.11. The van der Waals surface area contributed by atoms with E-state index in [-0.39, 0.29) is 0 Å². The normalized spacial score (nSPS) is 16.5. The number of aryl methyl sites for hydroxylation is 2. The van der Waals surface area contributed by atoms with Gasteiger partial charge >= 0.3 is 0 Å². The average molecular weight is 219 g/mol. The maximum atomic E-state index is 4.57. The Morgan fingerprint density at radius 3 is 2.75 bits per heavy atom. The van der Waals surface area contributed by atoms with Crippen LogP contribution in [0.5, 0.6) is 0 Å². The summed E-state index contributed by atoms with van der Waals surface area (Å²) in [5, 5.41) is 7.95. The third-order valence-electron chi connectivity index (χ3n) is 3.12. The topological polar surface area (TPSA) is 29.9 Å². The van der Waals surface area contributed by atoms with Crippen LogP contribution in [0, 0.1) is 0 Å². The van der Waals surface area contributed by atoms with Crippen LogP contribution in [-0.4, -0.2) is 22.9 Å². The second-order valence-electron chi connectivity index (χ2n) is 4.28. The van der Waals surface area contributed by atoms with Crippen molar-refractivity contribution < 1.29 is 0 Å².